The van der Waals surface area contributed by atoms with Crippen LogP contribution in [0.25, 0.3) is 22.2 Å². The Bertz CT molecular complexity index is 1760. The lowest BCUT2D eigenvalue weighted by Crippen LogP contribution is -2.60. The largest absolute Gasteiger partial charge is 0.472 e. The third-order valence-electron chi connectivity index (χ3n) is 10.2. The van der Waals surface area contributed by atoms with Gasteiger partial charge in [-0.2, -0.15) is 23.1 Å². The Balaban J connectivity index is 1.35. The molecule has 1 saturated carbocycles. The van der Waals surface area contributed by atoms with Crippen LogP contribution in [0.1, 0.15) is 44.2 Å². The minimum absolute atomic E-state index is 0.0763. The van der Waals surface area contributed by atoms with Gasteiger partial charge < -0.3 is 30.2 Å². The standard InChI is InChI=1S/C33H39F6N7O3/c1-4-18-12-46-22(11-41-18)17(3)49-30-23-28(26(36)27(42-30)20-9-21(40)25(35)16(2)24(20)33(37,38)39)43-31(44-29(23)46)48-15-32(5-6-32)14-45-7-8-47-19(10-34)13-45/h9,17-19,22,41H,4-8,10-15,40H2,1-3H3/t17-,18+,19+,22-/m0/s1. The van der Waals surface area contributed by atoms with Gasteiger partial charge in [-0.05, 0) is 44.7 Å². The minimum atomic E-state index is -5.06. The van der Waals surface area contributed by atoms with Crippen LogP contribution in [0.4, 0.5) is 37.8 Å². The number of halogens is 6. The highest BCUT2D eigenvalue weighted by molar-refractivity contribution is 5.97. The number of nitrogens with zero attached hydrogens (tertiary/aromatic N) is 5. The average molecular weight is 696 g/mol. The maximum atomic E-state index is 16.8. The molecule has 266 valence electrons. The molecule has 1 aromatic carbocycles. The van der Waals surface area contributed by atoms with Crippen LogP contribution in [0.5, 0.6) is 11.9 Å². The summed E-state index contributed by atoms with van der Waals surface area (Å²) in [5, 5.41) is 3.59. The molecule has 49 heavy (non-hydrogen) atoms. The first kappa shape index (κ1) is 33.8. The van der Waals surface area contributed by atoms with E-state index in [1.54, 1.807) is 6.92 Å². The zero-order valence-corrected chi connectivity index (χ0v) is 27.5. The number of pyridine rings is 1. The molecule has 4 atom stereocenters. The van der Waals surface area contributed by atoms with Gasteiger partial charge in [0.05, 0.1) is 36.6 Å². The number of hydrogen-bond acceptors (Lipinski definition) is 10. The number of fused-ring (bicyclic) bond motifs is 2. The van der Waals surface area contributed by atoms with Crippen molar-refractivity contribution in [1.29, 1.82) is 0 Å². The monoisotopic (exact) mass is 695 g/mol. The van der Waals surface area contributed by atoms with Gasteiger partial charge in [0, 0.05) is 49.7 Å². The van der Waals surface area contributed by atoms with Crippen molar-refractivity contribution in [3.63, 3.8) is 0 Å². The molecule has 3 N–H and O–H groups in total. The van der Waals surface area contributed by atoms with Gasteiger partial charge in [-0.1, -0.05) is 6.92 Å². The maximum Gasteiger partial charge on any atom is 0.417 e. The third-order valence-corrected chi connectivity index (χ3v) is 10.2. The Morgan fingerprint density at radius 3 is 2.61 bits per heavy atom. The predicted molar refractivity (Wildman–Crippen MR) is 169 cm³/mol. The van der Waals surface area contributed by atoms with Gasteiger partial charge in [-0.25, -0.2) is 18.2 Å². The molecule has 3 aliphatic heterocycles. The van der Waals surface area contributed by atoms with Crippen molar-refractivity contribution < 1.29 is 40.6 Å². The first-order chi connectivity index (χ1) is 23.3. The Morgan fingerprint density at radius 2 is 1.92 bits per heavy atom. The third kappa shape index (κ3) is 6.20. The molecule has 5 heterocycles. The highest BCUT2D eigenvalue weighted by Gasteiger charge is 2.46. The predicted octanol–water partition coefficient (Wildman–Crippen LogP) is 5.05. The zero-order chi connectivity index (χ0) is 34.8. The first-order valence-corrected chi connectivity index (χ1v) is 16.6. The van der Waals surface area contributed by atoms with Crippen molar-refractivity contribution in [2.24, 2.45) is 5.41 Å². The molecule has 0 amide bonds. The van der Waals surface area contributed by atoms with Crippen LogP contribution < -0.4 is 25.4 Å². The van der Waals surface area contributed by atoms with Crippen molar-refractivity contribution in [2.45, 2.75) is 70.5 Å². The van der Waals surface area contributed by atoms with E-state index in [9.17, 15) is 22.0 Å². The molecule has 0 spiro atoms. The van der Waals surface area contributed by atoms with Crippen LogP contribution in [0.2, 0.25) is 0 Å². The number of ether oxygens (including phenoxy) is 3. The van der Waals surface area contributed by atoms with Gasteiger partial charge in [0.15, 0.2) is 5.82 Å². The summed E-state index contributed by atoms with van der Waals surface area (Å²) >= 11 is 0. The fourth-order valence-corrected chi connectivity index (χ4v) is 7.27. The van der Waals surface area contributed by atoms with Crippen molar-refractivity contribution in [2.75, 3.05) is 63.2 Å². The highest BCUT2D eigenvalue weighted by atomic mass is 19.4. The smallest absolute Gasteiger partial charge is 0.417 e. The molecule has 2 aromatic heterocycles. The molecule has 16 heteroatoms. The number of nitrogens with one attached hydrogen (secondary N) is 1. The number of nitrogen functional groups attached to an aromatic ring is 1. The second-order valence-electron chi connectivity index (χ2n) is 13.7. The Labute approximate surface area is 279 Å². The molecular weight excluding hydrogens is 656 g/mol. The van der Waals surface area contributed by atoms with Crippen LogP contribution in [-0.2, 0) is 10.9 Å². The number of rotatable bonds is 8. The molecule has 4 aliphatic rings. The molecule has 0 bridgehead atoms. The summed E-state index contributed by atoms with van der Waals surface area (Å²) < 4.78 is 106. The highest BCUT2D eigenvalue weighted by Crippen LogP contribution is 2.48. The molecule has 1 aliphatic carbocycles. The Hall–Kier alpha value is -3.63. The number of aromatic nitrogens is 3. The minimum Gasteiger partial charge on any atom is -0.472 e. The van der Waals surface area contributed by atoms with E-state index < -0.39 is 64.8 Å². The maximum absolute atomic E-state index is 16.8. The quantitative estimate of drug-likeness (QED) is 0.246. The molecule has 7 rings (SSSR count). The van der Waals surface area contributed by atoms with Crippen molar-refractivity contribution >= 4 is 22.4 Å². The van der Waals surface area contributed by atoms with E-state index in [2.05, 4.69) is 20.2 Å². The number of hydrogen-bond donors (Lipinski definition) is 2. The number of alkyl halides is 4. The van der Waals surface area contributed by atoms with Gasteiger partial charge in [0.1, 0.15) is 41.0 Å². The molecule has 3 aromatic rings. The fraction of sp³-hybridized carbons (Fsp3) is 0.606. The lowest BCUT2D eigenvalue weighted by Gasteiger charge is -2.42. The SMILES string of the molecule is CC[C@@H]1CN2c3nc(OCC4(CN5CCO[C@H](CF)C5)CC4)nc4c(F)c(-c5cc(N)c(F)c(C)c5C(F)(F)F)nc(c34)O[C@@H](C)[C@@H]2CN1. The van der Waals surface area contributed by atoms with Crippen LogP contribution in [-0.4, -0.2) is 96.8 Å². The van der Waals surface area contributed by atoms with Crippen LogP contribution in [0.3, 0.4) is 0 Å². The van der Waals surface area contributed by atoms with E-state index in [4.69, 9.17) is 24.9 Å². The molecule has 2 saturated heterocycles. The first-order valence-electron chi connectivity index (χ1n) is 16.6. The van der Waals surface area contributed by atoms with Crippen molar-refractivity contribution in [1.82, 2.24) is 25.2 Å². The summed E-state index contributed by atoms with van der Waals surface area (Å²) in [4.78, 5) is 17.7. The topological polar surface area (TPSA) is 111 Å². The van der Waals surface area contributed by atoms with E-state index in [0.29, 0.717) is 45.1 Å². The summed E-state index contributed by atoms with van der Waals surface area (Å²) in [6.45, 7) is 7.60. The number of nitrogens with two attached hydrogens (primary N) is 1. The van der Waals surface area contributed by atoms with Gasteiger partial charge >= 0.3 is 12.2 Å². The summed E-state index contributed by atoms with van der Waals surface area (Å²) in [6, 6.07) is 0.380. The van der Waals surface area contributed by atoms with E-state index in [1.807, 2.05) is 11.8 Å². The molecule has 0 unspecified atom stereocenters. The molecule has 10 nitrogen and oxygen atoms in total. The average Bonchev–Trinajstić information content (AvgIpc) is 3.86. The van der Waals surface area contributed by atoms with Crippen molar-refractivity contribution in [3.8, 4) is 23.1 Å². The Kier molecular flexibility index (Phi) is 8.71. The summed E-state index contributed by atoms with van der Waals surface area (Å²) in [5.41, 5.74) is 0.962. The summed E-state index contributed by atoms with van der Waals surface area (Å²) in [7, 11) is 0. The number of morpholine rings is 1. The fourth-order valence-electron chi connectivity index (χ4n) is 7.27. The summed E-state index contributed by atoms with van der Waals surface area (Å²) in [6.07, 6.45) is -3.58. The van der Waals surface area contributed by atoms with Gasteiger partial charge in [-0.15, -0.1) is 0 Å². The van der Waals surface area contributed by atoms with Crippen LogP contribution in [0, 0.1) is 24.0 Å². The second kappa shape index (κ2) is 12.6. The number of piperazine rings is 1. The second-order valence-corrected chi connectivity index (χ2v) is 13.7. The Morgan fingerprint density at radius 1 is 1.14 bits per heavy atom. The normalized spacial score (nSPS) is 25.1. The molecule has 3 fully saturated rings. The number of anilines is 2. The van der Waals surface area contributed by atoms with Crippen LogP contribution in [0.15, 0.2) is 6.07 Å². The van der Waals surface area contributed by atoms with E-state index >= 15 is 4.39 Å². The van der Waals surface area contributed by atoms with Gasteiger partial charge in [0.2, 0.25) is 5.88 Å². The van der Waals surface area contributed by atoms with E-state index in [-0.39, 0.29) is 46.9 Å². The van der Waals surface area contributed by atoms with Crippen molar-refractivity contribution in [3.05, 3.63) is 28.8 Å². The molecular formula is C33H39F6N7O3. The van der Waals surface area contributed by atoms with E-state index in [0.717, 1.165) is 32.3 Å². The lowest BCUT2D eigenvalue weighted by molar-refractivity contribution is -0.137. The van der Waals surface area contributed by atoms with Crippen LogP contribution >= 0.6 is 0 Å². The van der Waals surface area contributed by atoms with E-state index in [1.165, 1.54) is 0 Å². The lowest BCUT2D eigenvalue weighted by atomic mass is 9.96. The summed E-state index contributed by atoms with van der Waals surface area (Å²) in [5.74, 6) is -2.27. The molecule has 0 radical (unpaired) electrons. The van der Waals surface area contributed by atoms with Gasteiger partial charge in [-0.3, -0.25) is 4.90 Å². The zero-order valence-electron chi connectivity index (χ0n) is 27.5. The van der Waals surface area contributed by atoms with Gasteiger partial charge in [0.25, 0.3) is 0 Å². The number of benzene rings is 1.